The summed E-state index contributed by atoms with van der Waals surface area (Å²) in [6.07, 6.45) is 5.74. The first-order valence-corrected chi connectivity index (χ1v) is 16.9. The van der Waals surface area contributed by atoms with Gasteiger partial charge in [0, 0.05) is 66.9 Å². The maximum Gasteiger partial charge on any atom is 0.319 e. The molecule has 4 aromatic rings. The Morgan fingerprint density at radius 2 is 1.91 bits per heavy atom. The molecule has 2 unspecified atom stereocenters. The first-order chi connectivity index (χ1) is 22.6. The topological polar surface area (TPSA) is 125 Å². The maximum atomic E-state index is 16.7. The summed E-state index contributed by atoms with van der Waals surface area (Å²) in [4.78, 5) is 18.4. The number of halogens is 3. The molecule has 4 atom stereocenters. The van der Waals surface area contributed by atoms with E-state index in [1.165, 1.54) is 6.20 Å². The van der Waals surface area contributed by atoms with Gasteiger partial charge in [-0.3, -0.25) is 9.88 Å². The van der Waals surface area contributed by atoms with Crippen LogP contribution in [0.2, 0.25) is 0 Å². The van der Waals surface area contributed by atoms with Gasteiger partial charge in [0.1, 0.15) is 28.1 Å². The van der Waals surface area contributed by atoms with E-state index in [-0.39, 0.29) is 67.0 Å². The fourth-order valence-electron chi connectivity index (χ4n) is 7.38. The molecule has 3 N–H and O–H groups in total. The second-order valence-corrected chi connectivity index (χ2v) is 14.7. The van der Waals surface area contributed by atoms with Crippen molar-refractivity contribution in [2.75, 3.05) is 50.0 Å². The number of piperazine rings is 1. The Bertz CT molecular complexity index is 1930. The number of rotatable bonds is 7. The summed E-state index contributed by atoms with van der Waals surface area (Å²) < 4.78 is 58.4. The number of nitrogen functional groups attached to an aromatic ring is 1. The van der Waals surface area contributed by atoms with Crippen LogP contribution in [-0.4, -0.2) is 83.5 Å². The number of pyridine rings is 1. The number of hydrogen-bond donors (Lipinski definition) is 2. The summed E-state index contributed by atoms with van der Waals surface area (Å²) in [6, 6.07) is 3.75. The number of anilines is 2. The van der Waals surface area contributed by atoms with Crippen molar-refractivity contribution in [1.82, 2.24) is 25.2 Å². The summed E-state index contributed by atoms with van der Waals surface area (Å²) in [5.74, 6) is -2.66. The smallest absolute Gasteiger partial charge is 0.319 e. The standard InChI is InChI=1S/C33H35F3N8O2S/c1-16-13-45-17(2)10-44(16)14-33(5-6-33)15-46-32-41-28-22(31(42-32)43-11-18-3-4-19(12-43)40-18)9-39-27(26(28)36)20-7-23(34)25(35)29-24(20)21(8-37)30(38)47-29/h7,9,16-19,40H,3-6,10-15,38H2,1-2H3/t16-,17+,18?,19?/m1/s1. The van der Waals surface area contributed by atoms with E-state index in [4.69, 9.17) is 20.2 Å². The van der Waals surface area contributed by atoms with Crippen LogP contribution in [0.15, 0.2) is 12.3 Å². The number of aromatic nitrogens is 3. The predicted molar refractivity (Wildman–Crippen MR) is 173 cm³/mol. The lowest BCUT2D eigenvalue weighted by atomic mass is 10.0. The van der Waals surface area contributed by atoms with Crippen molar-refractivity contribution in [2.45, 2.75) is 63.8 Å². The van der Waals surface area contributed by atoms with Crippen LogP contribution in [0.3, 0.4) is 0 Å². The lowest BCUT2D eigenvalue weighted by molar-refractivity contribution is -0.0580. The molecule has 246 valence electrons. The second kappa shape index (κ2) is 11.4. The van der Waals surface area contributed by atoms with E-state index >= 15 is 4.39 Å². The summed E-state index contributed by atoms with van der Waals surface area (Å²) >= 11 is 0.741. The molecule has 3 aromatic heterocycles. The van der Waals surface area contributed by atoms with Gasteiger partial charge in [-0.1, -0.05) is 0 Å². The normalized spacial score (nSPS) is 25.4. The molecule has 3 saturated heterocycles. The van der Waals surface area contributed by atoms with Crippen LogP contribution in [0, 0.1) is 34.2 Å². The van der Waals surface area contributed by atoms with Crippen LogP contribution >= 0.6 is 11.3 Å². The Balaban J connectivity index is 1.20. The molecule has 4 aliphatic rings. The van der Waals surface area contributed by atoms with Crippen LogP contribution in [0.4, 0.5) is 24.0 Å². The molecule has 8 rings (SSSR count). The Labute approximate surface area is 273 Å². The van der Waals surface area contributed by atoms with E-state index in [1.54, 1.807) is 0 Å². The molecule has 0 amide bonds. The molecule has 1 aliphatic carbocycles. The number of nitriles is 1. The van der Waals surface area contributed by atoms with Gasteiger partial charge in [0.25, 0.3) is 0 Å². The highest BCUT2D eigenvalue weighted by Gasteiger charge is 2.46. The average Bonchev–Trinajstić information content (AvgIpc) is 3.62. The predicted octanol–water partition coefficient (Wildman–Crippen LogP) is 4.99. The van der Waals surface area contributed by atoms with E-state index < -0.39 is 17.5 Å². The second-order valence-electron chi connectivity index (χ2n) is 13.6. The highest BCUT2D eigenvalue weighted by Crippen LogP contribution is 2.47. The Hall–Kier alpha value is -3.77. The van der Waals surface area contributed by atoms with Crippen molar-refractivity contribution in [3.63, 3.8) is 0 Å². The Morgan fingerprint density at radius 1 is 1.15 bits per heavy atom. The van der Waals surface area contributed by atoms with Crippen LogP contribution in [0.25, 0.3) is 32.2 Å². The highest BCUT2D eigenvalue weighted by atomic mass is 32.1. The zero-order chi connectivity index (χ0) is 32.6. The van der Waals surface area contributed by atoms with Gasteiger partial charge in [-0.2, -0.15) is 15.2 Å². The number of ether oxygens (including phenoxy) is 2. The van der Waals surface area contributed by atoms with Gasteiger partial charge in [0.15, 0.2) is 17.5 Å². The van der Waals surface area contributed by atoms with Gasteiger partial charge in [-0.25, -0.2) is 13.2 Å². The van der Waals surface area contributed by atoms with E-state index in [9.17, 15) is 14.0 Å². The minimum absolute atomic E-state index is 0.0121. The number of benzene rings is 1. The van der Waals surface area contributed by atoms with Gasteiger partial charge in [-0.15, -0.1) is 11.3 Å². The number of thiophene rings is 1. The van der Waals surface area contributed by atoms with Gasteiger partial charge in [-0.05, 0) is 45.6 Å². The fraction of sp³-hybridized carbons (Fsp3) is 0.515. The largest absolute Gasteiger partial charge is 0.463 e. The molecular formula is C33H35F3N8O2S. The maximum absolute atomic E-state index is 16.7. The third-order valence-corrected chi connectivity index (χ3v) is 11.2. The lowest BCUT2D eigenvalue weighted by Crippen LogP contribution is -2.51. The first kappa shape index (κ1) is 30.6. The summed E-state index contributed by atoms with van der Waals surface area (Å²) in [6.45, 7) is 8.41. The Morgan fingerprint density at radius 3 is 2.64 bits per heavy atom. The van der Waals surface area contributed by atoms with E-state index in [2.05, 4.69) is 38.9 Å². The van der Waals surface area contributed by atoms with Crippen LogP contribution < -0.4 is 20.7 Å². The number of morpholine rings is 1. The van der Waals surface area contributed by atoms with E-state index in [0.29, 0.717) is 43.5 Å². The van der Waals surface area contributed by atoms with Crippen molar-refractivity contribution in [3.05, 3.63) is 35.3 Å². The number of fused-ring (bicyclic) bond motifs is 4. The summed E-state index contributed by atoms with van der Waals surface area (Å²) in [5.41, 5.74) is 5.51. The Kier molecular flexibility index (Phi) is 7.43. The van der Waals surface area contributed by atoms with Crippen molar-refractivity contribution in [2.24, 2.45) is 5.41 Å². The molecular weight excluding hydrogens is 629 g/mol. The van der Waals surface area contributed by atoms with Crippen LogP contribution in [-0.2, 0) is 4.74 Å². The fourth-order valence-corrected chi connectivity index (χ4v) is 8.35. The highest BCUT2D eigenvalue weighted by molar-refractivity contribution is 7.23. The number of nitrogens with one attached hydrogen (secondary N) is 1. The first-order valence-electron chi connectivity index (χ1n) is 16.1. The number of nitrogens with two attached hydrogens (primary N) is 1. The molecule has 2 bridgehead atoms. The average molecular weight is 665 g/mol. The third kappa shape index (κ3) is 5.33. The van der Waals surface area contributed by atoms with Crippen molar-refractivity contribution >= 4 is 43.1 Å². The molecule has 6 heterocycles. The quantitative estimate of drug-likeness (QED) is 0.279. The number of hydrogen-bond acceptors (Lipinski definition) is 11. The van der Waals surface area contributed by atoms with Crippen LogP contribution in [0.5, 0.6) is 6.01 Å². The van der Waals surface area contributed by atoms with Crippen molar-refractivity contribution in [1.29, 1.82) is 5.26 Å². The monoisotopic (exact) mass is 664 g/mol. The van der Waals surface area contributed by atoms with Crippen molar-refractivity contribution in [3.8, 4) is 23.3 Å². The third-order valence-electron chi connectivity index (χ3n) is 10.2. The molecule has 3 aliphatic heterocycles. The zero-order valence-electron chi connectivity index (χ0n) is 26.2. The minimum atomic E-state index is -1.19. The van der Waals surface area contributed by atoms with E-state index in [0.717, 1.165) is 56.2 Å². The lowest BCUT2D eigenvalue weighted by Gasteiger charge is -2.38. The molecule has 14 heteroatoms. The molecule has 1 saturated carbocycles. The molecule has 47 heavy (non-hydrogen) atoms. The summed E-state index contributed by atoms with van der Waals surface area (Å²) in [5, 5.41) is 13.8. The van der Waals surface area contributed by atoms with Gasteiger partial charge in [0.05, 0.1) is 35.0 Å². The molecule has 10 nitrogen and oxygen atoms in total. The minimum Gasteiger partial charge on any atom is -0.463 e. The number of nitrogens with zero attached hydrogens (tertiary/aromatic N) is 6. The molecule has 1 aromatic carbocycles. The molecule has 4 fully saturated rings. The van der Waals surface area contributed by atoms with Gasteiger partial charge < -0.3 is 25.4 Å². The molecule has 0 radical (unpaired) electrons. The van der Waals surface area contributed by atoms with Gasteiger partial charge >= 0.3 is 6.01 Å². The zero-order valence-corrected chi connectivity index (χ0v) is 27.0. The SMILES string of the molecule is C[C@@H]1CO[C@@H](C)CN1CC1(COc2nc(N3CC4CCC(C3)N4)c3cnc(-c4cc(F)c(F)c5sc(N)c(C#N)c45)c(F)c3n2)CC1. The van der Waals surface area contributed by atoms with Crippen molar-refractivity contribution < 1.29 is 22.6 Å². The van der Waals surface area contributed by atoms with Crippen LogP contribution in [0.1, 0.15) is 45.1 Å². The van der Waals surface area contributed by atoms with Gasteiger partial charge in [0.2, 0.25) is 0 Å². The molecule has 0 spiro atoms. The van der Waals surface area contributed by atoms with E-state index in [1.807, 2.05) is 6.07 Å². The summed E-state index contributed by atoms with van der Waals surface area (Å²) in [7, 11) is 0.